The molecule has 2 saturated heterocycles. The van der Waals surface area contributed by atoms with Gasteiger partial charge in [0.05, 0.1) is 5.60 Å². The van der Waals surface area contributed by atoms with Gasteiger partial charge in [0.25, 0.3) is 5.91 Å². The molecular formula is C18H32IN5O3. The molecule has 27 heavy (non-hydrogen) atoms. The van der Waals surface area contributed by atoms with Crippen LogP contribution in [0.4, 0.5) is 4.79 Å². The van der Waals surface area contributed by atoms with Gasteiger partial charge in [-0.25, -0.2) is 4.79 Å². The normalized spacial score (nSPS) is 29.0. The average molecular weight is 493 g/mol. The molecule has 1 aliphatic carbocycles. The first kappa shape index (κ1) is 22.2. The number of nitrogens with one attached hydrogen (secondary N) is 3. The maximum Gasteiger partial charge on any atom is 0.322 e. The lowest BCUT2D eigenvalue weighted by Crippen LogP contribution is -2.56. The number of aliphatic hydroxyl groups is 1. The van der Waals surface area contributed by atoms with E-state index in [0.29, 0.717) is 6.54 Å². The summed E-state index contributed by atoms with van der Waals surface area (Å²) >= 11 is 0. The zero-order valence-electron chi connectivity index (χ0n) is 16.2. The number of guanidine groups is 1. The van der Waals surface area contributed by atoms with E-state index in [-0.39, 0.29) is 35.8 Å². The number of rotatable bonds is 3. The largest absolute Gasteiger partial charge is 0.388 e. The van der Waals surface area contributed by atoms with Gasteiger partial charge >= 0.3 is 6.03 Å². The molecule has 3 amide bonds. The lowest BCUT2D eigenvalue weighted by atomic mass is 9.79. The molecule has 0 aromatic carbocycles. The van der Waals surface area contributed by atoms with Gasteiger partial charge in [0, 0.05) is 26.7 Å². The van der Waals surface area contributed by atoms with Crippen LogP contribution in [0.25, 0.3) is 0 Å². The number of hydrogen-bond donors (Lipinski definition) is 4. The summed E-state index contributed by atoms with van der Waals surface area (Å²) < 4.78 is 0. The number of aliphatic imine (C=N–C) groups is 1. The van der Waals surface area contributed by atoms with Crippen molar-refractivity contribution in [1.29, 1.82) is 0 Å². The summed E-state index contributed by atoms with van der Waals surface area (Å²) in [5.41, 5.74) is -1.45. The van der Waals surface area contributed by atoms with Crippen molar-refractivity contribution in [2.24, 2.45) is 10.9 Å². The molecule has 4 N–H and O–H groups in total. The molecule has 154 valence electrons. The minimum absolute atomic E-state index is 0. The minimum atomic E-state index is -0.822. The number of carbonyl (C=O) groups excluding carboxylic acids is 2. The summed E-state index contributed by atoms with van der Waals surface area (Å²) in [5.74, 6) is 0.668. The van der Waals surface area contributed by atoms with Gasteiger partial charge < -0.3 is 20.6 Å². The molecule has 0 radical (unpaired) electrons. The van der Waals surface area contributed by atoms with Gasteiger partial charge in [0.2, 0.25) is 0 Å². The smallest absolute Gasteiger partial charge is 0.322 e. The van der Waals surface area contributed by atoms with Gasteiger partial charge in [-0.15, -0.1) is 24.0 Å². The van der Waals surface area contributed by atoms with Crippen molar-refractivity contribution >= 4 is 41.9 Å². The van der Waals surface area contributed by atoms with Gasteiger partial charge in [-0.1, -0.05) is 19.3 Å². The molecular weight excluding hydrogens is 461 g/mol. The Morgan fingerprint density at radius 2 is 1.89 bits per heavy atom. The second-order valence-electron chi connectivity index (χ2n) is 8.06. The highest BCUT2D eigenvalue weighted by Crippen LogP contribution is 2.31. The Morgan fingerprint density at radius 1 is 1.26 bits per heavy atom. The lowest BCUT2D eigenvalue weighted by Gasteiger charge is -2.40. The van der Waals surface area contributed by atoms with Gasteiger partial charge in [0.1, 0.15) is 5.54 Å². The molecule has 0 aromatic rings. The molecule has 0 aromatic heterocycles. The monoisotopic (exact) mass is 493 g/mol. The van der Waals surface area contributed by atoms with E-state index in [1.54, 1.807) is 14.0 Å². The highest BCUT2D eigenvalue weighted by atomic mass is 127. The summed E-state index contributed by atoms with van der Waals surface area (Å²) in [6, 6.07) is -0.405. The fraction of sp³-hybridized carbons (Fsp3) is 0.833. The quantitative estimate of drug-likeness (QED) is 0.205. The van der Waals surface area contributed by atoms with Crippen LogP contribution >= 0.6 is 24.0 Å². The van der Waals surface area contributed by atoms with Crippen molar-refractivity contribution < 1.29 is 14.7 Å². The maximum atomic E-state index is 12.1. The van der Waals surface area contributed by atoms with Crippen LogP contribution in [0.1, 0.15) is 51.9 Å². The van der Waals surface area contributed by atoms with Crippen LogP contribution in [-0.2, 0) is 4.79 Å². The molecule has 0 spiro atoms. The first-order valence-corrected chi connectivity index (χ1v) is 9.68. The third-order valence-corrected chi connectivity index (χ3v) is 6.25. The number of halogens is 1. The predicted octanol–water partition coefficient (Wildman–Crippen LogP) is 1.19. The van der Waals surface area contributed by atoms with Gasteiger partial charge in [-0.3, -0.25) is 15.1 Å². The Kier molecular flexibility index (Phi) is 7.34. The molecule has 8 nitrogen and oxygen atoms in total. The van der Waals surface area contributed by atoms with E-state index in [1.807, 2.05) is 0 Å². The van der Waals surface area contributed by atoms with E-state index < -0.39 is 17.2 Å². The number of nitrogens with zero attached hydrogens (tertiary/aromatic N) is 2. The SMILES string of the molecule is CN=C(NCC1(O)CCCCC1)N1CCC(C2(C)NC(=O)NC2=O)CC1.I. The maximum absolute atomic E-state index is 12.1. The van der Waals surface area contributed by atoms with Crippen LogP contribution in [0.5, 0.6) is 0 Å². The van der Waals surface area contributed by atoms with Crippen LogP contribution in [0.3, 0.4) is 0 Å². The first-order valence-electron chi connectivity index (χ1n) is 9.68. The fourth-order valence-corrected chi connectivity index (χ4v) is 4.48. The summed E-state index contributed by atoms with van der Waals surface area (Å²) in [6.45, 7) is 3.86. The van der Waals surface area contributed by atoms with E-state index in [4.69, 9.17) is 0 Å². The van der Waals surface area contributed by atoms with Crippen molar-refractivity contribution in [2.75, 3.05) is 26.7 Å². The number of amides is 3. The average Bonchev–Trinajstić information content (AvgIpc) is 2.89. The number of piperidine rings is 1. The van der Waals surface area contributed by atoms with Crippen molar-refractivity contribution in [3.8, 4) is 0 Å². The molecule has 2 heterocycles. The van der Waals surface area contributed by atoms with E-state index in [1.165, 1.54) is 6.42 Å². The van der Waals surface area contributed by atoms with Crippen molar-refractivity contribution in [3.05, 3.63) is 0 Å². The van der Waals surface area contributed by atoms with Gasteiger partial charge in [-0.05, 0) is 38.5 Å². The summed E-state index contributed by atoms with van der Waals surface area (Å²) in [6.07, 6.45) is 6.64. The highest BCUT2D eigenvalue weighted by molar-refractivity contribution is 14.0. The van der Waals surface area contributed by atoms with Gasteiger partial charge in [-0.2, -0.15) is 0 Å². The Hall–Kier alpha value is -1.10. The standard InChI is InChI=1S/C18H31N5O3.HI/c1-17(14(24)21-16(25)22-17)13-6-10-23(11-7-13)15(19-2)20-12-18(26)8-4-3-5-9-18;/h13,26H,3-12H2,1-2H3,(H,19,20)(H2,21,22,24,25);1H. The number of urea groups is 1. The second kappa shape index (κ2) is 8.93. The Bertz CT molecular complexity index is 586. The third-order valence-electron chi connectivity index (χ3n) is 6.25. The summed E-state index contributed by atoms with van der Waals surface area (Å²) in [4.78, 5) is 30.1. The van der Waals surface area contributed by atoms with Gasteiger partial charge in [0.15, 0.2) is 5.96 Å². The lowest BCUT2D eigenvalue weighted by molar-refractivity contribution is -0.125. The van der Waals surface area contributed by atoms with Crippen LogP contribution in [0.15, 0.2) is 4.99 Å². The van der Waals surface area contributed by atoms with E-state index in [2.05, 4.69) is 25.8 Å². The van der Waals surface area contributed by atoms with E-state index in [0.717, 1.165) is 57.6 Å². The molecule has 9 heteroatoms. The molecule has 1 unspecified atom stereocenters. The number of imide groups is 1. The number of hydrogen-bond acceptors (Lipinski definition) is 4. The zero-order chi connectivity index (χ0) is 18.8. The van der Waals surface area contributed by atoms with Crippen LogP contribution in [0, 0.1) is 5.92 Å². The van der Waals surface area contributed by atoms with Crippen LogP contribution in [0.2, 0.25) is 0 Å². The Morgan fingerprint density at radius 3 is 2.41 bits per heavy atom. The summed E-state index contributed by atoms with van der Waals surface area (Å²) in [5, 5.41) is 19.1. The topological polar surface area (TPSA) is 106 Å². The molecule has 3 rings (SSSR count). The molecule has 0 bridgehead atoms. The zero-order valence-corrected chi connectivity index (χ0v) is 18.5. The molecule has 2 aliphatic heterocycles. The molecule has 3 aliphatic rings. The van der Waals surface area contributed by atoms with Crippen LogP contribution in [-0.4, -0.2) is 65.7 Å². The molecule has 1 atom stereocenters. The number of carbonyl (C=O) groups is 2. The Labute approximate surface area is 177 Å². The predicted molar refractivity (Wildman–Crippen MR) is 114 cm³/mol. The van der Waals surface area contributed by atoms with E-state index >= 15 is 0 Å². The number of likely N-dealkylation sites (tertiary alicyclic amines) is 1. The van der Waals surface area contributed by atoms with E-state index in [9.17, 15) is 14.7 Å². The third kappa shape index (κ3) is 4.85. The molecule has 3 fully saturated rings. The minimum Gasteiger partial charge on any atom is -0.388 e. The highest BCUT2D eigenvalue weighted by Gasteiger charge is 2.48. The Balaban J connectivity index is 0.00000261. The molecule has 1 saturated carbocycles. The van der Waals surface area contributed by atoms with Crippen LogP contribution < -0.4 is 16.0 Å². The van der Waals surface area contributed by atoms with Crippen molar-refractivity contribution in [1.82, 2.24) is 20.9 Å². The van der Waals surface area contributed by atoms with Crippen molar-refractivity contribution in [3.63, 3.8) is 0 Å². The summed E-state index contributed by atoms with van der Waals surface area (Å²) in [7, 11) is 1.76. The fourth-order valence-electron chi connectivity index (χ4n) is 4.48. The second-order valence-corrected chi connectivity index (χ2v) is 8.06. The first-order chi connectivity index (χ1) is 12.4. The van der Waals surface area contributed by atoms with Crippen molar-refractivity contribution in [2.45, 2.75) is 63.0 Å².